The summed E-state index contributed by atoms with van der Waals surface area (Å²) < 4.78 is 7.39. The van der Waals surface area contributed by atoms with Crippen LogP contribution in [0.1, 0.15) is 26.2 Å². The molecule has 0 saturated carbocycles. The molecule has 0 aliphatic carbocycles. The molecule has 0 bridgehead atoms. The molecule has 16 heavy (non-hydrogen) atoms. The molecule has 1 aliphatic heterocycles. The first-order valence-corrected chi connectivity index (χ1v) is 6.23. The third-order valence-corrected chi connectivity index (χ3v) is 3.06. The number of hydrogen-bond donors (Lipinski definition) is 1. The number of nitrogens with zero attached hydrogens (tertiary/aromatic N) is 2. The molecule has 1 N–H and O–H groups in total. The summed E-state index contributed by atoms with van der Waals surface area (Å²) in [6, 6.07) is 2.05. The van der Waals surface area contributed by atoms with Crippen LogP contribution in [0.5, 0.6) is 0 Å². The van der Waals surface area contributed by atoms with Crippen molar-refractivity contribution in [1.29, 1.82) is 0 Å². The van der Waals surface area contributed by atoms with Crippen LogP contribution in [0.25, 0.3) is 0 Å². The van der Waals surface area contributed by atoms with Crippen molar-refractivity contribution in [2.45, 2.75) is 32.7 Å². The lowest BCUT2D eigenvalue weighted by Crippen LogP contribution is -2.23. The van der Waals surface area contributed by atoms with Gasteiger partial charge < -0.3 is 10.1 Å². The first-order chi connectivity index (χ1) is 7.90. The van der Waals surface area contributed by atoms with Gasteiger partial charge in [-0.1, -0.05) is 6.92 Å². The summed E-state index contributed by atoms with van der Waals surface area (Å²) in [5.74, 6) is 1.90. The Balaban J connectivity index is 1.81. The summed E-state index contributed by atoms with van der Waals surface area (Å²) in [6.07, 6.45) is 5.33. The summed E-state index contributed by atoms with van der Waals surface area (Å²) in [7, 11) is 0. The van der Waals surface area contributed by atoms with Crippen LogP contribution in [0.2, 0.25) is 0 Å². The van der Waals surface area contributed by atoms with Crippen LogP contribution in [0.4, 0.5) is 5.82 Å². The summed E-state index contributed by atoms with van der Waals surface area (Å²) in [4.78, 5) is 0. The third-order valence-electron chi connectivity index (χ3n) is 3.06. The predicted octanol–water partition coefficient (Wildman–Crippen LogP) is 2.13. The van der Waals surface area contributed by atoms with Gasteiger partial charge in [-0.2, -0.15) is 5.10 Å². The molecule has 0 spiro atoms. The van der Waals surface area contributed by atoms with Crippen molar-refractivity contribution >= 4 is 5.82 Å². The lowest BCUT2D eigenvalue weighted by molar-refractivity contribution is 0.0699. The summed E-state index contributed by atoms with van der Waals surface area (Å²) in [5.41, 5.74) is 0. The van der Waals surface area contributed by atoms with Crippen molar-refractivity contribution in [2.75, 3.05) is 25.1 Å². The molecule has 1 fully saturated rings. The minimum absolute atomic E-state index is 0.749. The number of aryl methyl sites for hydroxylation is 1. The zero-order chi connectivity index (χ0) is 11.2. The molecule has 4 nitrogen and oxygen atoms in total. The molecular formula is C12H21N3O. The molecule has 0 amide bonds. The molecule has 4 heteroatoms. The second-order valence-corrected chi connectivity index (χ2v) is 4.38. The summed E-state index contributed by atoms with van der Waals surface area (Å²) in [6.45, 7) is 6.03. The maximum Gasteiger partial charge on any atom is 0.124 e. The maximum absolute atomic E-state index is 5.35. The molecule has 2 rings (SSSR count). The van der Waals surface area contributed by atoms with E-state index in [-0.39, 0.29) is 0 Å². The zero-order valence-electron chi connectivity index (χ0n) is 9.98. The van der Waals surface area contributed by atoms with Crippen LogP contribution < -0.4 is 5.32 Å². The molecule has 1 aromatic heterocycles. The van der Waals surface area contributed by atoms with Crippen LogP contribution in [-0.4, -0.2) is 29.5 Å². The maximum atomic E-state index is 5.35. The van der Waals surface area contributed by atoms with Gasteiger partial charge in [0.15, 0.2) is 0 Å². The zero-order valence-corrected chi connectivity index (χ0v) is 9.98. The Hall–Kier alpha value is -1.03. The molecular weight excluding hydrogens is 202 g/mol. The topological polar surface area (TPSA) is 39.1 Å². The minimum atomic E-state index is 0.749. The SMILES string of the molecule is CCCn1nccc1NCC1CCOCC1. The minimum Gasteiger partial charge on any atom is -0.381 e. The van der Waals surface area contributed by atoms with Crippen molar-refractivity contribution in [3.05, 3.63) is 12.3 Å². The Morgan fingerprint density at radius 1 is 1.50 bits per heavy atom. The van der Waals surface area contributed by atoms with Crippen LogP contribution >= 0.6 is 0 Å². The molecule has 1 aromatic rings. The van der Waals surface area contributed by atoms with E-state index < -0.39 is 0 Å². The van der Waals surface area contributed by atoms with E-state index in [0.29, 0.717) is 0 Å². The van der Waals surface area contributed by atoms with Gasteiger partial charge in [0.05, 0.1) is 6.20 Å². The van der Waals surface area contributed by atoms with Crippen molar-refractivity contribution in [3.8, 4) is 0 Å². The van der Waals surface area contributed by atoms with E-state index in [1.165, 1.54) is 12.8 Å². The normalized spacial score (nSPS) is 17.6. The van der Waals surface area contributed by atoms with Gasteiger partial charge in [-0.05, 0) is 25.2 Å². The predicted molar refractivity (Wildman–Crippen MR) is 64.6 cm³/mol. The molecule has 0 radical (unpaired) electrons. The molecule has 90 valence electrons. The van der Waals surface area contributed by atoms with E-state index in [0.717, 1.165) is 44.5 Å². The van der Waals surface area contributed by atoms with E-state index in [2.05, 4.69) is 23.4 Å². The Labute approximate surface area is 97.0 Å². The number of anilines is 1. The number of rotatable bonds is 5. The van der Waals surface area contributed by atoms with Gasteiger partial charge in [-0.15, -0.1) is 0 Å². The van der Waals surface area contributed by atoms with E-state index in [4.69, 9.17) is 4.74 Å². The van der Waals surface area contributed by atoms with Gasteiger partial charge in [0, 0.05) is 32.4 Å². The van der Waals surface area contributed by atoms with Crippen LogP contribution in [0.3, 0.4) is 0 Å². The highest BCUT2D eigenvalue weighted by atomic mass is 16.5. The largest absolute Gasteiger partial charge is 0.381 e. The quantitative estimate of drug-likeness (QED) is 0.831. The number of aromatic nitrogens is 2. The molecule has 1 aliphatic rings. The van der Waals surface area contributed by atoms with Gasteiger partial charge in [0.25, 0.3) is 0 Å². The Morgan fingerprint density at radius 2 is 2.31 bits per heavy atom. The molecule has 1 saturated heterocycles. The fraction of sp³-hybridized carbons (Fsp3) is 0.750. The van der Waals surface area contributed by atoms with Crippen molar-refractivity contribution in [3.63, 3.8) is 0 Å². The highest BCUT2D eigenvalue weighted by Gasteiger charge is 2.13. The van der Waals surface area contributed by atoms with Crippen molar-refractivity contribution in [1.82, 2.24) is 9.78 Å². The molecule has 0 aromatic carbocycles. The van der Waals surface area contributed by atoms with Gasteiger partial charge >= 0.3 is 0 Å². The lowest BCUT2D eigenvalue weighted by Gasteiger charge is -2.22. The van der Waals surface area contributed by atoms with Gasteiger partial charge in [-0.3, -0.25) is 0 Å². The smallest absolute Gasteiger partial charge is 0.124 e. The molecule has 2 heterocycles. The average Bonchev–Trinajstić information content (AvgIpc) is 2.76. The second kappa shape index (κ2) is 5.89. The monoisotopic (exact) mass is 223 g/mol. The Bertz CT molecular complexity index is 305. The number of hydrogen-bond acceptors (Lipinski definition) is 3. The number of nitrogens with one attached hydrogen (secondary N) is 1. The van der Waals surface area contributed by atoms with Gasteiger partial charge in [-0.25, -0.2) is 4.68 Å². The van der Waals surface area contributed by atoms with E-state index in [1.807, 2.05) is 10.9 Å². The molecule has 0 atom stereocenters. The third kappa shape index (κ3) is 2.98. The standard InChI is InChI=1S/C12H21N3O/c1-2-7-15-12(3-6-14-15)13-10-11-4-8-16-9-5-11/h3,6,11,13H,2,4-5,7-10H2,1H3. The first-order valence-electron chi connectivity index (χ1n) is 6.23. The van der Waals surface area contributed by atoms with Gasteiger partial charge in [0.1, 0.15) is 5.82 Å². The molecule has 0 unspecified atom stereocenters. The summed E-state index contributed by atoms with van der Waals surface area (Å²) in [5, 5.41) is 7.79. The average molecular weight is 223 g/mol. The Morgan fingerprint density at radius 3 is 3.06 bits per heavy atom. The van der Waals surface area contributed by atoms with Gasteiger partial charge in [0.2, 0.25) is 0 Å². The highest BCUT2D eigenvalue weighted by Crippen LogP contribution is 2.16. The fourth-order valence-electron chi connectivity index (χ4n) is 2.07. The second-order valence-electron chi connectivity index (χ2n) is 4.38. The fourth-order valence-corrected chi connectivity index (χ4v) is 2.07. The Kier molecular flexibility index (Phi) is 4.22. The number of ether oxygens (including phenoxy) is 1. The highest BCUT2D eigenvalue weighted by molar-refractivity contribution is 5.33. The van der Waals surface area contributed by atoms with Crippen LogP contribution in [0.15, 0.2) is 12.3 Å². The van der Waals surface area contributed by atoms with Crippen molar-refractivity contribution in [2.24, 2.45) is 5.92 Å². The van der Waals surface area contributed by atoms with E-state index >= 15 is 0 Å². The van der Waals surface area contributed by atoms with Crippen molar-refractivity contribution < 1.29 is 4.74 Å². The van der Waals surface area contributed by atoms with E-state index in [1.54, 1.807) is 0 Å². The van der Waals surface area contributed by atoms with Crippen LogP contribution in [-0.2, 0) is 11.3 Å². The first kappa shape index (κ1) is 11.5. The van der Waals surface area contributed by atoms with E-state index in [9.17, 15) is 0 Å². The summed E-state index contributed by atoms with van der Waals surface area (Å²) >= 11 is 0. The lowest BCUT2D eigenvalue weighted by atomic mass is 10.0. The van der Waals surface area contributed by atoms with Crippen LogP contribution in [0, 0.1) is 5.92 Å².